The first-order chi connectivity index (χ1) is 11.1. The number of hydrogen-bond acceptors (Lipinski definition) is 4. The summed E-state index contributed by atoms with van der Waals surface area (Å²) >= 11 is 7.24. The van der Waals surface area contributed by atoms with Crippen molar-refractivity contribution in [1.82, 2.24) is 4.98 Å². The zero-order chi connectivity index (χ0) is 16.2. The fraction of sp³-hybridized carbons (Fsp3) is 0.0588. The third-order valence-electron chi connectivity index (χ3n) is 3.12. The summed E-state index contributed by atoms with van der Waals surface area (Å²) in [5, 5.41) is 11.8. The van der Waals surface area contributed by atoms with Gasteiger partial charge in [-0.3, -0.25) is 0 Å². The molecular weight excluding hydrogens is 334 g/mol. The number of ether oxygens (including phenoxy) is 1. The number of aromatic nitrogens is 1. The first kappa shape index (κ1) is 15.5. The van der Waals surface area contributed by atoms with E-state index < -0.39 is 5.97 Å². The molecule has 0 saturated heterocycles. The van der Waals surface area contributed by atoms with Gasteiger partial charge in [0.1, 0.15) is 17.4 Å². The summed E-state index contributed by atoms with van der Waals surface area (Å²) in [6.45, 7) is 0.431. The minimum Gasteiger partial charge on any atom is -0.489 e. The molecule has 0 spiro atoms. The molecule has 0 radical (unpaired) electrons. The highest BCUT2D eigenvalue weighted by molar-refractivity contribution is 7.13. The Balaban J connectivity index is 1.68. The largest absolute Gasteiger partial charge is 0.489 e. The maximum Gasteiger partial charge on any atom is 0.355 e. The van der Waals surface area contributed by atoms with E-state index >= 15 is 0 Å². The van der Waals surface area contributed by atoms with Crippen molar-refractivity contribution < 1.29 is 14.6 Å². The molecule has 23 heavy (non-hydrogen) atoms. The first-order valence-electron chi connectivity index (χ1n) is 6.78. The van der Waals surface area contributed by atoms with Crippen LogP contribution >= 0.6 is 22.9 Å². The van der Waals surface area contributed by atoms with Crippen LogP contribution in [-0.2, 0) is 6.61 Å². The molecule has 0 aliphatic rings. The lowest BCUT2D eigenvalue weighted by atomic mass is 10.2. The number of thiazole rings is 1. The van der Waals surface area contributed by atoms with Gasteiger partial charge in [-0.1, -0.05) is 23.7 Å². The summed E-state index contributed by atoms with van der Waals surface area (Å²) in [6.07, 6.45) is 0. The number of carboxylic acid groups (broad SMARTS) is 1. The molecule has 0 unspecified atom stereocenters. The molecule has 1 N–H and O–H groups in total. The summed E-state index contributed by atoms with van der Waals surface area (Å²) in [6, 6.07) is 14.9. The fourth-order valence-corrected chi connectivity index (χ4v) is 3.00. The van der Waals surface area contributed by atoms with Crippen molar-refractivity contribution in [2.75, 3.05) is 0 Å². The number of halogens is 1. The van der Waals surface area contributed by atoms with Crippen molar-refractivity contribution in [1.29, 1.82) is 0 Å². The molecule has 2 aromatic carbocycles. The quantitative estimate of drug-likeness (QED) is 0.725. The molecule has 0 fully saturated rings. The first-order valence-corrected chi connectivity index (χ1v) is 8.04. The number of carbonyl (C=O) groups is 1. The van der Waals surface area contributed by atoms with Gasteiger partial charge in [-0.15, -0.1) is 11.3 Å². The lowest BCUT2D eigenvalue weighted by molar-refractivity contribution is 0.0691. The molecule has 0 atom stereocenters. The van der Waals surface area contributed by atoms with Gasteiger partial charge < -0.3 is 9.84 Å². The van der Waals surface area contributed by atoms with Crippen LogP contribution in [-0.4, -0.2) is 16.1 Å². The van der Waals surface area contributed by atoms with Gasteiger partial charge in [0, 0.05) is 16.0 Å². The van der Waals surface area contributed by atoms with Gasteiger partial charge in [0.25, 0.3) is 0 Å². The van der Waals surface area contributed by atoms with E-state index in [1.807, 2.05) is 48.5 Å². The standard InChI is InChI=1S/C17H12ClNO3S/c18-13-3-1-2-11(8-13)9-22-14-6-4-12(5-7-14)16-19-15(10-23-16)17(20)21/h1-8,10H,9H2,(H,20,21). The molecular formula is C17H12ClNO3S. The average Bonchev–Trinajstić information content (AvgIpc) is 3.04. The minimum atomic E-state index is -1.02. The Hall–Kier alpha value is -2.37. The summed E-state index contributed by atoms with van der Waals surface area (Å²) in [5.74, 6) is -0.294. The van der Waals surface area contributed by atoms with E-state index in [0.717, 1.165) is 16.9 Å². The number of benzene rings is 2. The molecule has 3 aromatic rings. The minimum absolute atomic E-state index is 0.0614. The third kappa shape index (κ3) is 3.88. The van der Waals surface area contributed by atoms with E-state index in [4.69, 9.17) is 21.4 Å². The number of aromatic carboxylic acids is 1. The predicted molar refractivity (Wildman–Crippen MR) is 90.3 cm³/mol. The SMILES string of the molecule is O=C(O)c1csc(-c2ccc(OCc3cccc(Cl)c3)cc2)n1. The van der Waals surface area contributed by atoms with Crippen LogP contribution in [0, 0.1) is 0 Å². The smallest absolute Gasteiger partial charge is 0.355 e. The van der Waals surface area contributed by atoms with E-state index in [0.29, 0.717) is 16.6 Å². The van der Waals surface area contributed by atoms with Crippen LogP contribution in [0.5, 0.6) is 5.75 Å². The maximum atomic E-state index is 10.9. The number of nitrogens with zero attached hydrogens (tertiary/aromatic N) is 1. The van der Waals surface area contributed by atoms with Crippen molar-refractivity contribution in [3.05, 3.63) is 70.2 Å². The van der Waals surface area contributed by atoms with E-state index in [2.05, 4.69) is 4.98 Å². The molecule has 1 aromatic heterocycles. The van der Waals surface area contributed by atoms with Crippen LogP contribution in [0.1, 0.15) is 16.1 Å². The zero-order valence-corrected chi connectivity index (χ0v) is 13.5. The lowest BCUT2D eigenvalue weighted by Crippen LogP contribution is -1.96. The fourth-order valence-electron chi connectivity index (χ4n) is 1.99. The molecule has 1 heterocycles. The van der Waals surface area contributed by atoms with Crippen LogP contribution in [0.25, 0.3) is 10.6 Å². The van der Waals surface area contributed by atoms with E-state index in [1.54, 1.807) is 0 Å². The van der Waals surface area contributed by atoms with E-state index in [-0.39, 0.29) is 5.69 Å². The van der Waals surface area contributed by atoms with Gasteiger partial charge in [0.15, 0.2) is 5.69 Å². The Kier molecular flexibility index (Phi) is 4.60. The Labute approximate surface area is 142 Å². The lowest BCUT2D eigenvalue weighted by Gasteiger charge is -2.07. The van der Waals surface area contributed by atoms with Crippen molar-refractivity contribution in [2.45, 2.75) is 6.61 Å². The van der Waals surface area contributed by atoms with Crippen molar-refractivity contribution in [2.24, 2.45) is 0 Å². The monoisotopic (exact) mass is 345 g/mol. The highest BCUT2D eigenvalue weighted by atomic mass is 35.5. The molecule has 0 aliphatic heterocycles. The number of hydrogen-bond donors (Lipinski definition) is 1. The molecule has 116 valence electrons. The van der Waals surface area contributed by atoms with Gasteiger partial charge in [0.2, 0.25) is 0 Å². The molecule has 0 bridgehead atoms. The van der Waals surface area contributed by atoms with Crippen LogP contribution < -0.4 is 4.74 Å². The van der Waals surface area contributed by atoms with E-state index in [1.165, 1.54) is 16.7 Å². The Morgan fingerprint density at radius 3 is 2.65 bits per heavy atom. The van der Waals surface area contributed by atoms with Crippen LogP contribution in [0.3, 0.4) is 0 Å². The summed E-state index contributed by atoms with van der Waals surface area (Å²) in [5.41, 5.74) is 1.91. The molecule has 3 rings (SSSR count). The number of carboxylic acids is 1. The average molecular weight is 346 g/mol. The predicted octanol–water partition coefficient (Wildman–Crippen LogP) is 4.74. The molecule has 0 amide bonds. The van der Waals surface area contributed by atoms with Crippen LogP contribution in [0.15, 0.2) is 53.9 Å². The Morgan fingerprint density at radius 1 is 1.22 bits per heavy atom. The van der Waals surface area contributed by atoms with Gasteiger partial charge in [-0.05, 0) is 42.0 Å². The van der Waals surface area contributed by atoms with Crippen LogP contribution in [0.4, 0.5) is 0 Å². The van der Waals surface area contributed by atoms with Crippen molar-refractivity contribution in [3.8, 4) is 16.3 Å². The van der Waals surface area contributed by atoms with Gasteiger partial charge >= 0.3 is 5.97 Å². The Morgan fingerprint density at radius 2 is 2.00 bits per heavy atom. The van der Waals surface area contributed by atoms with Crippen molar-refractivity contribution in [3.63, 3.8) is 0 Å². The second kappa shape index (κ2) is 6.81. The summed E-state index contributed by atoms with van der Waals surface area (Å²) in [4.78, 5) is 14.9. The van der Waals surface area contributed by atoms with Gasteiger partial charge in [0.05, 0.1) is 0 Å². The zero-order valence-electron chi connectivity index (χ0n) is 11.9. The molecule has 0 saturated carbocycles. The number of rotatable bonds is 5. The second-order valence-corrected chi connectivity index (χ2v) is 6.08. The molecule has 6 heteroatoms. The van der Waals surface area contributed by atoms with E-state index in [9.17, 15) is 4.79 Å². The highest BCUT2D eigenvalue weighted by Gasteiger charge is 2.10. The van der Waals surface area contributed by atoms with Crippen LogP contribution in [0.2, 0.25) is 5.02 Å². The molecule has 0 aliphatic carbocycles. The normalized spacial score (nSPS) is 10.5. The topological polar surface area (TPSA) is 59.4 Å². The third-order valence-corrected chi connectivity index (χ3v) is 4.25. The van der Waals surface area contributed by atoms with Gasteiger partial charge in [-0.25, -0.2) is 9.78 Å². The molecule has 4 nitrogen and oxygen atoms in total. The Bertz CT molecular complexity index is 830. The van der Waals surface area contributed by atoms with Crippen molar-refractivity contribution >= 4 is 28.9 Å². The second-order valence-electron chi connectivity index (χ2n) is 4.79. The summed E-state index contributed by atoms with van der Waals surface area (Å²) < 4.78 is 5.71. The summed E-state index contributed by atoms with van der Waals surface area (Å²) in [7, 11) is 0. The maximum absolute atomic E-state index is 10.9. The highest BCUT2D eigenvalue weighted by Crippen LogP contribution is 2.26. The van der Waals surface area contributed by atoms with Gasteiger partial charge in [-0.2, -0.15) is 0 Å².